The molecule has 8 nitrogen and oxygen atoms in total. The summed E-state index contributed by atoms with van der Waals surface area (Å²) in [7, 11) is 1.62. The van der Waals surface area contributed by atoms with Crippen molar-refractivity contribution >= 4 is 17.7 Å². The van der Waals surface area contributed by atoms with Gasteiger partial charge in [0.2, 0.25) is 0 Å². The minimum absolute atomic E-state index is 0.179. The second-order valence-electron chi connectivity index (χ2n) is 9.40. The quantitative estimate of drug-likeness (QED) is 0.236. The highest BCUT2D eigenvalue weighted by atomic mass is 16.5. The number of benzene rings is 2. The number of anilines is 1. The summed E-state index contributed by atoms with van der Waals surface area (Å²) in [6.45, 7) is 6.28. The van der Waals surface area contributed by atoms with Gasteiger partial charge in [0.15, 0.2) is 0 Å². The number of aliphatic carboxylic acids is 1. The smallest absolute Gasteiger partial charge is 0.326 e. The fraction of sp³-hybridized carbons (Fsp3) is 0.233. The number of methoxy groups -OCH3 is 1. The van der Waals surface area contributed by atoms with Gasteiger partial charge in [-0.1, -0.05) is 42.0 Å². The minimum atomic E-state index is -1.07. The molecule has 0 spiro atoms. The Kier molecular flexibility index (Phi) is 8.11. The maximum atomic E-state index is 12.9. The van der Waals surface area contributed by atoms with Gasteiger partial charge in [0.05, 0.1) is 7.11 Å². The second-order valence-corrected chi connectivity index (χ2v) is 9.40. The minimum Gasteiger partial charge on any atom is -0.497 e. The van der Waals surface area contributed by atoms with E-state index in [0.29, 0.717) is 12.1 Å². The lowest BCUT2D eigenvalue weighted by atomic mass is 9.98. The third kappa shape index (κ3) is 6.39. The fourth-order valence-corrected chi connectivity index (χ4v) is 4.56. The van der Waals surface area contributed by atoms with Gasteiger partial charge < -0.3 is 25.5 Å². The van der Waals surface area contributed by atoms with Crippen molar-refractivity contribution in [2.24, 2.45) is 0 Å². The molecule has 196 valence electrons. The average Bonchev–Trinajstić information content (AvgIpc) is 3.36. The number of aromatic nitrogens is 2. The lowest BCUT2D eigenvalue weighted by Gasteiger charge is -2.17. The number of H-pyrrole nitrogens is 1. The maximum absolute atomic E-state index is 12.9. The number of carbonyl (C=O) groups is 2. The van der Waals surface area contributed by atoms with E-state index in [0.717, 1.165) is 50.6 Å². The van der Waals surface area contributed by atoms with Crippen molar-refractivity contribution in [2.45, 2.75) is 39.8 Å². The van der Waals surface area contributed by atoms with Crippen molar-refractivity contribution in [3.05, 3.63) is 100 Å². The summed E-state index contributed by atoms with van der Waals surface area (Å²) in [5.74, 6) is 0.0178. The van der Waals surface area contributed by atoms with Crippen molar-refractivity contribution in [1.29, 1.82) is 0 Å². The molecule has 0 aliphatic heterocycles. The highest BCUT2D eigenvalue weighted by Crippen LogP contribution is 2.22. The van der Waals surface area contributed by atoms with Crippen LogP contribution in [-0.4, -0.2) is 40.1 Å². The molecule has 2 aromatic heterocycles. The molecule has 0 aliphatic rings. The molecule has 0 saturated heterocycles. The normalized spacial score (nSPS) is 11.6. The third-order valence-corrected chi connectivity index (χ3v) is 6.40. The Morgan fingerprint density at radius 1 is 1.00 bits per heavy atom. The lowest BCUT2D eigenvalue weighted by molar-refractivity contribution is -0.139. The monoisotopic (exact) mass is 512 g/mol. The first-order valence-electron chi connectivity index (χ1n) is 12.4. The topological polar surface area (TPSA) is 116 Å². The van der Waals surface area contributed by atoms with Crippen LogP contribution in [0.15, 0.2) is 67.0 Å². The van der Waals surface area contributed by atoms with Crippen LogP contribution in [0.4, 0.5) is 5.82 Å². The maximum Gasteiger partial charge on any atom is 0.326 e. The van der Waals surface area contributed by atoms with E-state index in [4.69, 9.17) is 4.74 Å². The number of nitrogens with zero attached hydrogens (tertiary/aromatic N) is 1. The number of carboxylic acids is 1. The van der Waals surface area contributed by atoms with E-state index >= 15 is 0 Å². The highest BCUT2D eigenvalue weighted by molar-refractivity contribution is 5.99. The van der Waals surface area contributed by atoms with Gasteiger partial charge in [0.1, 0.15) is 17.6 Å². The van der Waals surface area contributed by atoms with Gasteiger partial charge in [-0.15, -0.1) is 0 Å². The third-order valence-electron chi connectivity index (χ3n) is 6.40. The molecule has 0 saturated carbocycles. The summed E-state index contributed by atoms with van der Waals surface area (Å²) in [5, 5.41) is 15.8. The number of aromatic amines is 1. The van der Waals surface area contributed by atoms with E-state index in [1.54, 1.807) is 19.4 Å². The number of carboxylic acid groups (broad SMARTS) is 1. The Hall–Kier alpha value is -4.59. The van der Waals surface area contributed by atoms with Crippen LogP contribution >= 0.6 is 0 Å². The van der Waals surface area contributed by atoms with Crippen LogP contribution in [0.2, 0.25) is 0 Å². The Labute approximate surface area is 222 Å². The predicted octanol–water partition coefficient (Wildman–Crippen LogP) is 5.05. The van der Waals surface area contributed by atoms with Gasteiger partial charge in [-0.05, 0) is 60.7 Å². The van der Waals surface area contributed by atoms with Crippen LogP contribution in [0.25, 0.3) is 11.3 Å². The molecule has 2 heterocycles. The first-order valence-corrected chi connectivity index (χ1v) is 12.4. The number of ether oxygens (including phenoxy) is 1. The van der Waals surface area contributed by atoms with E-state index < -0.39 is 12.0 Å². The fourth-order valence-electron chi connectivity index (χ4n) is 4.56. The van der Waals surface area contributed by atoms with Crippen LogP contribution in [0.1, 0.15) is 38.2 Å². The number of carbonyl (C=O) groups excluding carboxylic acids is 1. The van der Waals surface area contributed by atoms with Crippen molar-refractivity contribution in [2.75, 3.05) is 12.4 Å². The van der Waals surface area contributed by atoms with Gasteiger partial charge in [-0.3, -0.25) is 4.79 Å². The summed E-state index contributed by atoms with van der Waals surface area (Å²) < 4.78 is 5.23. The predicted molar refractivity (Wildman–Crippen MR) is 148 cm³/mol. The number of pyridine rings is 1. The molecule has 4 N–H and O–H groups in total. The first kappa shape index (κ1) is 26.5. The zero-order chi connectivity index (χ0) is 27.2. The number of amides is 1. The van der Waals surface area contributed by atoms with Crippen LogP contribution in [0.3, 0.4) is 0 Å². The molecule has 4 aromatic rings. The molecule has 38 heavy (non-hydrogen) atoms. The number of nitrogens with one attached hydrogen (secondary N) is 3. The molecule has 8 heteroatoms. The summed E-state index contributed by atoms with van der Waals surface area (Å²) >= 11 is 0. The van der Waals surface area contributed by atoms with Crippen molar-refractivity contribution in [3.63, 3.8) is 0 Å². The van der Waals surface area contributed by atoms with Crippen LogP contribution < -0.4 is 15.4 Å². The summed E-state index contributed by atoms with van der Waals surface area (Å²) in [6.07, 6.45) is 3.80. The molecular weight excluding hydrogens is 480 g/mol. The summed E-state index contributed by atoms with van der Waals surface area (Å²) in [6, 6.07) is 16.1. The Balaban J connectivity index is 1.39. The molecule has 1 atom stereocenters. The van der Waals surface area contributed by atoms with Crippen molar-refractivity contribution in [3.8, 4) is 17.0 Å². The van der Waals surface area contributed by atoms with E-state index in [9.17, 15) is 14.7 Å². The van der Waals surface area contributed by atoms with E-state index in [1.165, 1.54) is 0 Å². The number of hydrogen-bond donors (Lipinski definition) is 4. The lowest BCUT2D eigenvalue weighted by Crippen LogP contribution is -2.42. The Morgan fingerprint density at radius 2 is 1.71 bits per heavy atom. The molecule has 4 rings (SSSR count). The van der Waals surface area contributed by atoms with Crippen LogP contribution in [0, 0.1) is 20.8 Å². The highest BCUT2D eigenvalue weighted by Gasteiger charge is 2.23. The molecule has 0 fully saturated rings. The van der Waals surface area contributed by atoms with Crippen LogP contribution in [-0.2, 0) is 17.8 Å². The zero-order valence-electron chi connectivity index (χ0n) is 22.0. The average molecular weight is 513 g/mol. The van der Waals surface area contributed by atoms with E-state index in [-0.39, 0.29) is 12.3 Å². The SMILES string of the molecule is COc1ccnc(NCc2c[nH]c(-c3ccc(CC(NC(=O)c4c(C)cc(C)cc4C)C(=O)O)cc3)c2)c1. The van der Waals surface area contributed by atoms with Gasteiger partial charge in [0.25, 0.3) is 5.91 Å². The van der Waals surface area contributed by atoms with Crippen molar-refractivity contribution in [1.82, 2.24) is 15.3 Å². The van der Waals surface area contributed by atoms with Gasteiger partial charge in [-0.25, -0.2) is 9.78 Å². The van der Waals surface area contributed by atoms with Crippen LogP contribution in [0.5, 0.6) is 5.75 Å². The number of aryl methyl sites for hydroxylation is 3. The number of rotatable bonds is 10. The van der Waals surface area contributed by atoms with E-state index in [1.807, 2.05) is 69.4 Å². The van der Waals surface area contributed by atoms with Gasteiger partial charge in [-0.2, -0.15) is 0 Å². The largest absolute Gasteiger partial charge is 0.497 e. The summed E-state index contributed by atoms with van der Waals surface area (Å²) in [4.78, 5) is 32.4. The first-order chi connectivity index (χ1) is 18.2. The number of hydrogen-bond acceptors (Lipinski definition) is 5. The van der Waals surface area contributed by atoms with E-state index in [2.05, 4.69) is 26.7 Å². The Morgan fingerprint density at radius 3 is 2.37 bits per heavy atom. The standard InChI is InChI=1S/C30H32N4O4/c1-18-11-19(2)28(20(3)12-18)29(35)34-26(30(36)37)13-21-5-7-23(8-6-21)25-14-22(16-32-25)17-33-27-15-24(38-4)9-10-31-27/h5-12,14-16,26,32H,13,17H2,1-4H3,(H,31,33)(H,34,35)(H,36,37). The van der Waals surface area contributed by atoms with Gasteiger partial charge in [0, 0.05) is 42.7 Å². The molecule has 0 bridgehead atoms. The molecule has 0 radical (unpaired) electrons. The summed E-state index contributed by atoms with van der Waals surface area (Å²) in [5.41, 5.74) is 7.03. The molecule has 2 aromatic carbocycles. The molecule has 0 aliphatic carbocycles. The molecule has 1 amide bonds. The second kappa shape index (κ2) is 11.6. The molecule has 1 unspecified atom stereocenters. The van der Waals surface area contributed by atoms with Gasteiger partial charge >= 0.3 is 5.97 Å². The zero-order valence-corrected chi connectivity index (χ0v) is 22.0. The van der Waals surface area contributed by atoms with Crippen molar-refractivity contribution < 1.29 is 19.4 Å². The Bertz CT molecular complexity index is 1420. The molecular formula is C30H32N4O4.